The van der Waals surface area contributed by atoms with E-state index >= 15 is 0 Å². The van der Waals surface area contributed by atoms with E-state index in [0.717, 1.165) is 11.6 Å². The minimum atomic E-state index is -0.619. The van der Waals surface area contributed by atoms with E-state index in [0.29, 0.717) is 16.7 Å². The van der Waals surface area contributed by atoms with Crippen LogP contribution in [0.5, 0.6) is 0 Å². The molecule has 0 aromatic heterocycles. The molecule has 0 radical (unpaired) electrons. The lowest BCUT2D eigenvalue weighted by molar-refractivity contribution is 0.569. The first kappa shape index (κ1) is 14.1. The van der Waals surface area contributed by atoms with Crippen molar-refractivity contribution in [3.05, 3.63) is 70.0 Å². The van der Waals surface area contributed by atoms with Crippen molar-refractivity contribution in [2.45, 2.75) is 18.7 Å². The average molecular weight is 329 g/mol. The Morgan fingerprint density at radius 2 is 1.47 bits per heavy atom. The van der Waals surface area contributed by atoms with E-state index in [1.165, 1.54) is 12.1 Å². The maximum atomic E-state index is 13.8. The van der Waals surface area contributed by atoms with Gasteiger partial charge in [0.1, 0.15) is 17.5 Å². The highest BCUT2D eigenvalue weighted by atomic mass is 79.9. The van der Waals surface area contributed by atoms with Crippen molar-refractivity contribution in [3.63, 3.8) is 0 Å². The molecule has 0 aliphatic heterocycles. The van der Waals surface area contributed by atoms with Crippen LogP contribution >= 0.6 is 15.9 Å². The second-order valence-corrected chi connectivity index (χ2v) is 5.41. The first-order valence-electron chi connectivity index (χ1n) is 5.76. The van der Waals surface area contributed by atoms with E-state index < -0.39 is 16.5 Å². The van der Waals surface area contributed by atoms with Crippen molar-refractivity contribution in [3.8, 4) is 0 Å². The lowest BCUT2D eigenvalue weighted by atomic mass is 10.0. The number of halogens is 4. The molecule has 0 spiro atoms. The molecular weight excluding hydrogens is 317 g/mol. The summed E-state index contributed by atoms with van der Waals surface area (Å²) in [6.07, 6.45) is 0. The van der Waals surface area contributed by atoms with Gasteiger partial charge in [0.2, 0.25) is 0 Å². The molecule has 1 atom stereocenters. The monoisotopic (exact) mass is 328 g/mol. The fraction of sp³-hybridized carbons (Fsp3) is 0.200. The van der Waals surface area contributed by atoms with Gasteiger partial charge in [0.05, 0.1) is 4.83 Å². The molecule has 0 N–H and O–H groups in total. The Hall–Kier alpha value is -1.29. The van der Waals surface area contributed by atoms with Crippen molar-refractivity contribution in [1.82, 2.24) is 0 Å². The number of hydrogen-bond acceptors (Lipinski definition) is 0. The van der Waals surface area contributed by atoms with Crippen LogP contribution in [0.25, 0.3) is 0 Å². The Balaban J connectivity index is 2.46. The molecule has 2 aromatic carbocycles. The Morgan fingerprint density at radius 3 is 2.11 bits per heavy atom. The normalized spacial score (nSPS) is 12.5. The summed E-state index contributed by atoms with van der Waals surface area (Å²) in [6.45, 7) is 3.22. The third kappa shape index (κ3) is 2.84. The smallest absolute Gasteiger partial charge is 0.130 e. The van der Waals surface area contributed by atoms with Crippen LogP contribution in [0.1, 0.15) is 27.1 Å². The van der Waals surface area contributed by atoms with Crippen LogP contribution in [0.4, 0.5) is 13.2 Å². The zero-order valence-corrected chi connectivity index (χ0v) is 12.1. The molecule has 0 bridgehead atoms. The molecule has 0 saturated carbocycles. The quantitative estimate of drug-likeness (QED) is 0.664. The van der Waals surface area contributed by atoms with E-state index in [9.17, 15) is 13.2 Å². The van der Waals surface area contributed by atoms with Crippen LogP contribution in [0, 0.1) is 31.3 Å². The summed E-state index contributed by atoms with van der Waals surface area (Å²) >= 11 is 3.38. The van der Waals surface area contributed by atoms with Gasteiger partial charge >= 0.3 is 0 Å². The van der Waals surface area contributed by atoms with Crippen LogP contribution in [-0.2, 0) is 0 Å². The zero-order valence-electron chi connectivity index (χ0n) is 10.5. The van der Waals surface area contributed by atoms with Gasteiger partial charge in [0.15, 0.2) is 0 Å². The van der Waals surface area contributed by atoms with E-state index in [1.807, 2.05) is 0 Å². The summed E-state index contributed by atoms with van der Waals surface area (Å²) in [5, 5.41) is 0. The van der Waals surface area contributed by atoms with Gasteiger partial charge in [0, 0.05) is 11.6 Å². The maximum absolute atomic E-state index is 13.8. The van der Waals surface area contributed by atoms with E-state index in [1.54, 1.807) is 26.0 Å². The van der Waals surface area contributed by atoms with E-state index in [2.05, 4.69) is 15.9 Å². The SMILES string of the molecule is Cc1cc(C(Br)c2cc(C)c(F)cc2F)ccc1F. The van der Waals surface area contributed by atoms with Gasteiger partial charge in [-0.3, -0.25) is 0 Å². The minimum Gasteiger partial charge on any atom is -0.207 e. The molecule has 0 heterocycles. The molecule has 19 heavy (non-hydrogen) atoms. The van der Waals surface area contributed by atoms with Crippen molar-refractivity contribution >= 4 is 15.9 Å². The van der Waals surface area contributed by atoms with Crippen molar-refractivity contribution in [2.75, 3.05) is 0 Å². The summed E-state index contributed by atoms with van der Waals surface area (Å²) in [4.78, 5) is -0.439. The topological polar surface area (TPSA) is 0 Å². The molecule has 0 nitrogen and oxygen atoms in total. The van der Waals surface area contributed by atoms with Crippen molar-refractivity contribution in [2.24, 2.45) is 0 Å². The second-order valence-electron chi connectivity index (χ2n) is 4.49. The molecule has 0 aliphatic rings. The largest absolute Gasteiger partial charge is 0.207 e. The predicted octanol–water partition coefficient (Wildman–Crippen LogP) is 5.21. The second kappa shape index (κ2) is 5.37. The van der Waals surface area contributed by atoms with Crippen LogP contribution in [0.15, 0.2) is 30.3 Å². The number of benzene rings is 2. The molecule has 0 amide bonds. The third-order valence-corrected chi connectivity index (χ3v) is 4.05. The number of alkyl halides is 1. The van der Waals surface area contributed by atoms with E-state index in [4.69, 9.17) is 0 Å². The average Bonchev–Trinajstić information content (AvgIpc) is 2.36. The molecule has 0 saturated heterocycles. The fourth-order valence-electron chi connectivity index (χ4n) is 1.88. The van der Waals surface area contributed by atoms with Crippen LogP contribution in [-0.4, -0.2) is 0 Å². The van der Waals surface area contributed by atoms with Gasteiger partial charge in [0.25, 0.3) is 0 Å². The Morgan fingerprint density at radius 1 is 0.842 bits per heavy atom. The Labute approximate surface area is 118 Å². The van der Waals surface area contributed by atoms with Gasteiger partial charge in [-0.2, -0.15) is 0 Å². The molecule has 0 aliphatic carbocycles. The molecular formula is C15H12BrF3. The highest BCUT2D eigenvalue weighted by Crippen LogP contribution is 2.34. The van der Waals surface area contributed by atoms with Gasteiger partial charge in [-0.15, -0.1) is 0 Å². The molecule has 4 heteroatoms. The lowest BCUT2D eigenvalue weighted by Gasteiger charge is -2.14. The van der Waals surface area contributed by atoms with Crippen LogP contribution < -0.4 is 0 Å². The van der Waals surface area contributed by atoms with Gasteiger partial charge < -0.3 is 0 Å². The fourth-order valence-corrected chi connectivity index (χ4v) is 2.51. The number of aryl methyl sites for hydroxylation is 2. The summed E-state index contributed by atoms with van der Waals surface area (Å²) < 4.78 is 40.3. The van der Waals surface area contributed by atoms with Gasteiger partial charge in [-0.05, 0) is 42.7 Å². The standard InChI is InChI=1S/C15H12BrF3/c1-8-5-10(3-4-12(8)17)15(16)11-6-9(2)13(18)7-14(11)19/h3-7,15H,1-2H3. The van der Waals surface area contributed by atoms with Gasteiger partial charge in [-0.25, -0.2) is 13.2 Å². The van der Waals surface area contributed by atoms with Crippen molar-refractivity contribution < 1.29 is 13.2 Å². The zero-order chi connectivity index (χ0) is 14.2. The molecule has 100 valence electrons. The maximum Gasteiger partial charge on any atom is 0.130 e. The Bertz CT molecular complexity index is 623. The predicted molar refractivity (Wildman–Crippen MR) is 73.0 cm³/mol. The van der Waals surface area contributed by atoms with Crippen LogP contribution in [0.3, 0.4) is 0 Å². The Kier molecular flexibility index (Phi) is 3.99. The highest BCUT2D eigenvalue weighted by Gasteiger charge is 2.17. The summed E-state index contributed by atoms with van der Waals surface area (Å²) in [5.41, 5.74) is 1.93. The molecule has 1 unspecified atom stereocenters. The highest BCUT2D eigenvalue weighted by molar-refractivity contribution is 9.09. The lowest BCUT2D eigenvalue weighted by Crippen LogP contribution is -2.00. The minimum absolute atomic E-state index is 0.306. The summed E-state index contributed by atoms with van der Waals surface area (Å²) in [5.74, 6) is -1.50. The summed E-state index contributed by atoms with van der Waals surface area (Å²) in [6, 6.07) is 6.90. The summed E-state index contributed by atoms with van der Waals surface area (Å²) in [7, 11) is 0. The molecule has 0 fully saturated rings. The van der Waals surface area contributed by atoms with Crippen molar-refractivity contribution in [1.29, 1.82) is 0 Å². The molecule has 2 rings (SSSR count). The first-order valence-corrected chi connectivity index (χ1v) is 6.67. The van der Waals surface area contributed by atoms with Crippen LogP contribution in [0.2, 0.25) is 0 Å². The first-order chi connectivity index (χ1) is 8.90. The van der Waals surface area contributed by atoms with Gasteiger partial charge in [-0.1, -0.05) is 28.1 Å². The molecule has 2 aromatic rings. The van der Waals surface area contributed by atoms with E-state index in [-0.39, 0.29) is 5.82 Å². The number of rotatable bonds is 2. The third-order valence-electron chi connectivity index (χ3n) is 3.03. The number of hydrogen-bond donors (Lipinski definition) is 0.